The fourth-order valence-corrected chi connectivity index (χ4v) is 5.79. The topological polar surface area (TPSA) is 81.4 Å². The van der Waals surface area contributed by atoms with Gasteiger partial charge in [0.1, 0.15) is 23.0 Å². The summed E-state index contributed by atoms with van der Waals surface area (Å²) in [7, 11) is 0. The summed E-state index contributed by atoms with van der Waals surface area (Å²) >= 11 is 1.69. The van der Waals surface area contributed by atoms with E-state index in [1.54, 1.807) is 11.3 Å². The minimum atomic E-state index is 0.305. The monoisotopic (exact) mass is 480 g/mol. The van der Waals surface area contributed by atoms with Gasteiger partial charge in [0.05, 0.1) is 29.4 Å². The number of aromatic amines is 2. The Balaban J connectivity index is 1.15. The van der Waals surface area contributed by atoms with Gasteiger partial charge in [-0.05, 0) is 79.1 Å². The smallest absolute Gasteiger partial charge is 0.124 e. The first-order valence-corrected chi connectivity index (χ1v) is 13.0. The third-order valence-corrected chi connectivity index (χ3v) is 7.75. The van der Waals surface area contributed by atoms with Crippen molar-refractivity contribution < 1.29 is 0 Å². The molecule has 4 atom stereocenters. The van der Waals surface area contributed by atoms with Crippen LogP contribution in [0.2, 0.25) is 0 Å². The van der Waals surface area contributed by atoms with Crippen molar-refractivity contribution in [3.8, 4) is 23.7 Å². The van der Waals surface area contributed by atoms with Crippen LogP contribution in [-0.4, -0.2) is 33.0 Å². The first-order valence-electron chi connectivity index (χ1n) is 12.2. The molecule has 6 rings (SSSR count). The van der Waals surface area contributed by atoms with Gasteiger partial charge in [0, 0.05) is 10.3 Å². The number of hydrogen-bond acceptors (Lipinski definition) is 5. The summed E-state index contributed by atoms with van der Waals surface area (Å²) in [5, 5.41) is 8.20. The molecule has 5 heterocycles. The number of thiophene rings is 1. The van der Waals surface area contributed by atoms with E-state index in [4.69, 9.17) is 0 Å². The highest BCUT2D eigenvalue weighted by atomic mass is 32.1. The SMILES string of the molecule is C[C@@H]1CN[C@H](c2ncc(C#Cc3ccc4cc(C#Cc5cnc([C@@H]6C[C@H](C)CN6)[nH]5)sc4c3)[nH]2)C1. The summed E-state index contributed by atoms with van der Waals surface area (Å²) < 4.78 is 1.19. The number of nitrogens with zero attached hydrogens (tertiary/aromatic N) is 2. The van der Waals surface area contributed by atoms with Crippen LogP contribution in [0, 0.1) is 35.5 Å². The molecule has 2 aliphatic heterocycles. The van der Waals surface area contributed by atoms with Gasteiger partial charge < -0.3 is 20.6 Å². The van der Waals surface area contributed by atoms with E-state index in [1.807, 2.05) is 12.4 Å². The maximum Gasteiger partial charge on any atom is 0.124 e. The van der Waals surface area contributed by atoms with Crippen molar-refractivity contribution in [2.24, 2.45) is 11.8 Å². The van der Waals surface area contributed by atoms with Crippen LogP contribution in [0.1, 0.15) is 72.3 Å². The molecule has 2 aliphatic rings. The van der Waals surface area contributed by atoms with Crippen LogP contribution in [0.4, 0.5) is 0 Å². The molecule has 0 aliphatic carbocycles. The van der Waals surface area contributed by atoms with Crippen molar-refractivity contribution in [1.82, 2.24) is 30.6 Å². The molecule has 7 heteroatoms. The van der Waals surface area contributed by atoms with Gasteiger partial charge in [-0.2, -0.15) is 0 Å². The normalized spacial score (nSPS) is 23.7. The van der Waals surface area contributed by atoms with Crippen molar-refractivity contribution in [3.05, 3.63) is 70.1 Å². The third-order valence-electron chi connectivity index (χ3n) is 6.73. The van der Waals surface area contributed by atoms with Crippen LogP contribution in [0.5, 0.6) is 0 Å². The number of hydrogen-bond donors (Lipinski definition) is 4. The average Bonchev–Trinajstić information content (AvgIpc) is 3.66. The standard InChI is InChI=1S/C28H28N6S/c1-17-9-24(29-13-17)27-31-15-21(33-27)6-4-19-3-5-20-12-23(35-26(20)11-19)8-7-22-16-32-28(34-22)25-10-18(2)14-30-25/h3,5,11-12,15-18,24-25,29-30H,9-10,13-14H2,1-2H3,(H,31,33)(H,32,34)/t17-,18-,24-,25-/m0/s1. The van der Waals surface area contributed by atoms with Crippen LogP contribution >= 0.6 is 11.3 Å². The van der Waals surface area contributed by atoms with Gasteiger partial charge in [0.25, 0.3) is 0 Å². The Morgan fingerprint density at radius 3 is 2.03 bits per heavy atom. The Hall–Kier alpha value is -3.36. The van der Waals surface area contributed by atoms with E-state index >= 15 is 0 Å². The molecular formula is C28H28N6S. The van der Waals surface area contributed by atoms with Crippen LogP contribution in [0.3, 0.4) is 0 Å². The molecule has 1 aromatic carbocycles. The van der Waals surface area contributed by atoms with E-state index in [9.17, 15) is 0 Å². The van der Waals surface area contributed by atoms with Crippen LogP contribution in [-0.2, 0) is 0 Å². The zero-order valence-corrected chi connectivity index (χ0v) is 20.7. The van der Waals surface area contributed by atoms with E-state index in [0.717, 1.165) is 59.4 Å². The van der Waals surface area contributed by atoms with E-state index in [1.165, 1.54) is 10.1 Å². The van der Waals surface area contributed by atoms with Crippen molar-refractivity contribution in [1.29, 1.82) is 0 Å². The van der Waals surface area contributed by atoms with Crippen molar-refractivity contribution >= 4 is 21.4 Å². The lowest BCUT2D eigenvalue weighted by Gasteiger charge is -2.05. The van der Waals surface area contributed by atoms with Crippen molar-refractivity contribution in [2.75, 3.05) is 13.1 Å². The number of nitrogens with one attached hydrogen (secondary N) is 4. The van der Waals surface area contributed by atoms with Gasteiger partial charge in [-0.25, -0.2) is 9.97 Å². The molecule has 176 valence electrons. The summed E-state index contributed by atoms with van der Waals surface area (Å²) in [4.78, 5) is 16.8. The maximum atomic E-state index is 4.53. The molecular weight excluding hydrogens is 452 g/mol. The molecule has 2 fully saturated rings. The molecule has 35 heavy (non-hydrogen) atoms. The molecule has 0 amide bonds. The lowest BCUT2D eigenvalue weighted by Crippen LogP contribution is -2.14. The summed E-state index contributed by atoms with van der Waals surface area (Å²) in [5.74, 6) is 16.4. The van der Waals surface area contributed by atoms with Crippen molar-refractivity contribution in [3.63, 3.8) is 0 Å². The Labute approximate surface area is 209 Å². The first-order chi connectivity index (χ1) is 17.1. The van der Waals surface area contributed by atoms with Crippen LogP contribution < -0.4 is 10.6 Å². The summed E-state index contributed by atoms with van der Waals surface area (Å²) in [6.07, 6.45) is 5.88. The summed E-state index contributed by atoms with van der Waals surface area (Å²) in [5.41, 5.74) is 2.69. The second-order valence-corrected chi connectivity index (χ2v) is 10.9. The number of aromatic nitrogens is 4. The Bertz CT molecular complexity index is 1410. The molecule has 0 bridgehead atoms. The molecule has 6 nitrogen and oxygen atoms in total. The largest absolute Gasteiger partial charge is 0.334 e. The first kappa shape index (κ1) is 22.1. The lowest BCUT2D eigenvalue weighted by molar-refractivity contribution is 0.587. The molecule has 0 saturated carbocycles. The highest BCUT2D eigenvalue weighted by Gasteiger charge is 2.24. The van der Waals surface area contributed by atoms with Gasteiger partial charge in [-0.15, -0.1) is 11.3 Å². The molecule has 2 saturated heterocycles. The van der Waals surface area contributed by atoms with Gasteiger partial charge >= 0.3 is 0 Å². The predicted molar refractivity (Wildman–Crippen MR) is 140 cm³/mol. The number of benzene rings is 1. The molecule has 4 N–H and O–H groups in total. The zero-order chi connectivity index (χ0) is 23.8. The van der Waals surface area contributed by atoms with Crippen molar-refractivity contribution in [2.45, 2.75) is 38.8 Å². The van der Waals surface area contributed by atoms with Crippen LogP contribution in [0.15, 0.2) is 36.7 Å². The predicted octanol–water partition coefficient (Wildman–Crippen LogP) is 4.49. The summed E-state index contributed by atoms with van der Waals surface area (Å²) in [6.45, 7) is 6.61. The quantitative estimate of drug-likeness (QED) is 0.319. The number of imidazole rings is 2. The fraction of sp³-hybridized carbons (Fsp3) is 0.357. The maximum absolute atomic E-state index is 4.53. The highest BCUT2D eigenvalue weighted by molar-refractivity contribution is 7.19. The molecule has 4 aromatic rings. The molecule has 0 unspecified atom stereocenters. The average molecular weight is 481 g/mol. The van der Waals surface area contributed by atoms with E-state index in [0.29, 0.717) is 23.9 Å². The van der Waals surface area contributed by atoms with Gasteiger partial charge in [-0.3, -0.25) is 0 Å². The van der Waals surface area contributed by atoms with Gasteiger partial charge in [-0.1, -0.05) is 25.8 Å². The van der Waals surface area contributed by atoms with E-state index in [2.05, 4.69) is 92.4 Å². The fourth-order valence-electron chi connectivity index (χ4n) is 4.83. The highest BCUT2D eigenvalue weighted by Crippen LogP contribution is 2.27. The second kappa shape index (κ2) is 9.36. The Kier molecular flexibility index (Phi) is 5.91. The molecule has 0 radical (unpaired) electrons. The lowest BCUT2D eigenvalue weighted by atomic mass is 10.1. The Morgan fingerprint density at radius 1 is 0.800 bits per heavy atom. The van der Waals surface area contributed by atoms with E-state index in [-0.39, 0.29) is 0 Å². The Morgan fingerprint density at radius 2 is 1.43 bits per heavy atom. The third kappa shape index (κ3) is 4.90. The minimum absolute atomic E-state index is 0.305. The van der Waals surface area contributed by atoms with Gasteiger partial charge in [0.15, 0.2) is 0 Å². The molecule has 3 aromatic heterocycles. The van der Waals surface area contributed by atoms with Gasteiger partial charge in [0.2, 0.25) is 0 Å². The second-order valence-electron chi connectivity index (χ2n) is 9.83. The van der Waals surface area contributed by atoms with E-state index < -0.39 is 0 Å². The number of fused-ring (bicyclic) bond motifs is 1. The zero-order valence-electron chi connectivity index (χ0n) is 19.9. The minimum Gasteiger partial charge on any atom is -0.334 e. The summed E-state index contributed by atoms with van der Waals surface area (Å²) in [6, 6.07) is 9.06. The number of rotatable bonds is 2. The molecule has 0 spiro atoms. The van der Waals surface area contributed by atoms with Crippen LogP contribution in [0.25, 0.3) is 10.1 Å². The number of H-pyrrole nitrogens is 2.